The van der Waals surface area contributed by atoms with Gasteiger partial charge < -0.3 is 15.4 Å². The van der Waals surface area contributed by atoms with Crippen LogP contribution in [0.1, 0.15) is 12.5 Å². The van der Waals surface area contributed by atoms with E-state index >= 15 is 0 Å². The summed E-state index contributed by atoms with van der Waals surface area (Å²) in [4.78, 5) is 14.7. The first-order valence-electron chi connectivity index (χ1n) is 6.41. The van der Waals surface area contributed by atoms with E-state index in [1.807, 2.05) is 13.0 Å². The highest BCUT2D eigenvalue weighted by atomic mass is 127. The SMILES string of the molecule is CCNC(=NCc1cccc([N+](=O)[O-])c1)NCCOC.I. The Morgan fingerprint density at radius 1 is 1.43 bits per heavy atom. The number of hydrogen-bond donors (Lipinski definition) is 2. The van der Waals surface area contributed by atoms with Crippen molar-refractivity contribution in [1.29, 1.82) is 0 Å². The van der Waals surface area contributed by atoms with E-state index in [9.17, 15) is 10.1 Å². The predicted molar refractivity (Wildman–Crippen MR) is 93.2 cm³/mol. The molecule has 118 valence electrons. The number of nitrogens with zero attached hydrogens (tertiary/aromatic N) is 2. The van der Waals surface area contributed by atoms with E-state index in [4.69, 9.17) is 4.74 Å². The number of hydrogen-bond acceptors (Lipinski definition) is 4. The van der Waals surface area contributed by atoms with Gasteiger partial charge in [-0.15, -0.1) is 24.0 Å². The smallest absolute Gasteiger partial charge is 0.269 e. The summed E-state index contributed by atoms with van der Waals surface area (Å²) in [5.74, 6) is 0.663. The van der Waals surface area contributed by atoms with Gasteiger partial charge in [0.25, 0.3) is 5.69 Å². The first-order valence-corrected chi connectivity index (χ1v) is 6.41. The van der Waals surface area contributed by atoms with Crippen LogP contribution in [0.3, 0.4) is 0 Å². The van der Waals surface area contributed by atoms with Gasteiger partial charge in [-0.1, -0.05) is 12.1 Å². The molecule has 1 aromatic rings. The molecule has 1 aromatic carbocycles. The zero-order valence-corrected chi connectivity index (χ0v) is 14.5. The van der Waals surface area contributed by atoms with Gasteiger partial charge in [-0.25, -0.2) is 4.99 Å². The van der Waals surface area contributed by atoms with E-state index in [1.54, 1.807) is 13.2 Å². The lowest BCUT2D eigenvalue weighted by atomic mass is 10.2. The zero-order chi connectivity index (χ0) is 14.8. The summed E-state index contributed by atoms with van der Waals surface area (Å²) in [7, 11) is 1.63. The third kappa shape index (κ3) is 7.81. The van der Waals surface area contributed by atoms with E-state index in [-0.39, 0.29) is 29.7 Å². The van der Waals surface area contributed by atoms with Crippen molar-refractivity contribution in [1.82, 2.24) is 10.6 Å². The minimum absolute atomic E-state index is 0. The molecule has 0 spiro atoms. The Morgan fingerprint density at radius 3 is 2.81 bits per heavy atom. The quantitative estimate of drug-likeness (QED) is 0.180. The molecule has 0 atom stereocenters. The van der Waals surface area contributed by atoms with Crippen LogP contribution in [-0.4, -0.2) is 37.7 Å². The molecule has 0 amide bonds. The fourth-order valence-corrected chi connectivity index (χ4v) is 1.55. The molecule has 2 N–H and O–H groups in total. The van der Waals surface area contributed by atoms with E-state index < -0.39 is 4.92 Å². The Balaban J connectivity index is 0.00000400. The monoisotopic (exact) mass is 408 g/mol. The van der Waals surface area contributed by atoms with Crippen molar-refractivity contribution in [2.24, 2.45) is 4.99 Å². The molecular formula is C13H21IN4O3. The second kappa shape index (κ2) is 11.3. The number of nitro groups is 1. The number of guanidine groups is 1. The maximum atomic E-state index is 10.7. The van der Waals surface area contributed by atoms with E-state index in [2.05, 4.69) is 15.6 Å². The maximum Gasteiger partial charge on any atom is 0.269 e. The number of rotatable bonds is 7. The van der Waals surface area contributed by atoms with Gasteiger partial charge in [0.15, 0.2) is 5.96 Å². The summed E-state index contributed by atoms with van der Waals surface area (Å²) in [5, 5.41) is 16.9. The Kier molecular flexibility index (Phi) is 10.5. The van der Waals surface area contributed by atoms with Gasteiger partial charge in [0.2, 0.25) is 0 Å². The summed E-state index contributed by atoms with van der Waals surface area (Å²) in [6.07, 6.45) is 0. The first-order chi connectivity index (χ1) is 9.67. The lowest BCUT2D eigenvalue weighted by molar-refractivity contribution is -0.384. The molecule has 0 radical (unpaired) electrons. The lowest BCUT2D eigenvalue weighted by Gasteiger charge is -2.10. The van der Waals surface area contributed by atoms with Crippen molar-refractivity contribution in [2.45, 2.75) is 13.5 Å². The molecule has 0 bridgehead atoms. The average molecular weight is 408 g/mol. The second-order valence-corrected chi connectivity index (χ2v) is 4.04. The third-order valence-electron chi connectivity index (χ3n) is 2.48. The number of ether oxygens (including phenoxy) is 1. The standard InChI is InChI=1S/C13H20N4O3.HI/c1-3-14-13(15-7-8-20-2)16-10-11-5-4-6-12(9-11)17(18)19;/h4-6,9H,3,7-8,10H2,1-2H3,(H2,14,15,16);1H. The molecule has 0 aromatic heterocycles. The van der Waals surface area contributed by atoms with Crippen molar-refractivity contribution >= 4 is 35.6 Å². The molecule has 0 saturated carbocycles. The van der Waals surface area contributed by atoms with E-state index in [1.165, 1.54) is 12.1 Å². The highest BCUT2D eigenvalue weighted by Crippen LogP contribution is 2.13. The number of aliphatic imine (C=N–C) groups is 1. The van der Waals surface area contributed by atoms with Crippen LogP contribution in [0.5, 0.6) is 0 Å². The van der Waals surface area contributed by atoms with Gasteiger partial charge in [-0.05, 0) is 12.5 Å². The molecule has 8 heteroatoms. The molecule has 1 rings (SSSR count). The molecule has 0 aliphatic rings. The minimum Gasteiger partial charge on any atom is -0.383 e. The molecule has 0 saturated heterocycles. The summed E-state index contributed by atoms with van der Waals surface area (Å²) in [5.41, 5.74) is 0.873. The van der Waals surface area contributed by atoms with Crippen LogP contribution < -0.4 is 10.6 Å². The molecule has 21 heavy (non-hydrogen) atoms. The number of halogens is 1. The van der Waals surface area contributed by atoms with Gasteiger partial charge >= 0.3 is 0 Å². The number of benzene rings is 1. The molecular weight excluding hydrogens is 387 g/mol. The molecule has 0 aliphatic carbocycles. The van der Waals surface area contributed by atoms with Gasteiger partial charge in [0.1, 0.15) is 0 Å². The first kappa shape index (κ1) is 19.6. The van der Waals surface area contributed by atoms with Crippen LogP contribution in [0.4, 0.5) is 5.69 Å². The van der Waals surface area contributed by atoms with Crippen LogP contribution in [0.2, 0.25) is 0 Å². The zero-order valence-electron chi connectivity index (χ0n) is 12.2. The largest absolute Gasteiger partial charge is 0.383 e. The Morgan fingerprint density at radius 2 is 2.19 bits per heavy atom. The molecule has 7 nitrogen and oxygen atoms in total. The fourth-order valence-electron chi connectivity index (χ4n) is 1.55. The Hall–Kier alpha value is -1.42. The Labute approximate surface area is 141 Å². The van der Waals surface area contributed by atoms with Crippen molar-refractivity contribution in [3.63, 3.8) is 0 Å². The topological polar surface area (TPSA) is 88.8 Å². The molecule has 0 fully saturated rings. The van der Waals surface area contributed by atoms with Gasteiger partial charge in [0, 0.05) is 32.3 Å². The van der Waals surface area contributed by atoms with Gasteiger partial charge in [-0.3, -0.25) is 10.1 Å². The van der Waals surface area contributed by atoms with Crippen LogP contribution in [0.25, 0.3) is 0 Å². The highest BCUT2D eigenvalue weighted by molar-refractivity contribution is 14.0. The number of non-ortho nitro benzene ring substituents is 1. The fraction of sp³-hybridized carbons (Fsp3) is 0.462. The van der Waals surface area contributed by atoms with Crippen LogP contribution in [0.15, 0.2) is 29.3 Å². The summed E-state index contributed by atoms with van der Waals surface area (Å²) in [6, 6.07) is 6.47. The van der Waals surface area contributed by atoms with Crippen LogP contribution >= 0.6 is 24.0 Å². The van der Waals surface area contributed by atoms with Gasteiger partial charge in [-0.2, -0.15) is 0 Å². The van der Waals surface area contributed by atoms with Crippen molar-refractivity contribution in [3.8, 4) is 0 Å². The normalized spacial score (nSPS) is 10.7. The predicted octanol–water partition coefficient (Wildman–Crippen LogP) is 1.91. The second-order valence-electron chi connectivity index (χ2n) is 4.04. The number of nitro benzene ring substituents is 1. The maximum absolute atomic E-state index is 10.7. The molecule has 0 unspecified atom stereocenters. The minimum atomic E-state index is -0.407. The van der Waals surface area contributed by atoms with Crippen molar-refractivity contribution in [2.75, 3.05) is 26.8 Å². The highest BCUT2D eigenvalue weighted by Gasteiger charge is 2.05. The number of nitrogens with one attached hydrogen (secondary N) is 2. The lowest BCUT2D eigenvalue weighted by Crippen LogP contribution is -2.38. The summed E-state index contributed by atoms with van der Waals surface area (Å²) in [6.45, 7) is 4.33. The molecule has 0 aliphatic heterocycles. The summed E-state index contributed by atoms with van der Waals surface area (Å²) < 4.78 is 4.95. The van der Waals surface area contributed by atoms with Crippen molar-refractivity contribution in [3.05, 3.63) is 39.9 Å². The molecule has 0 heterocycles. The van der Waals surface area contributed by atoms with Crippen molar-refractivity contribution < 1.29 is 9.66 Å². The Bertz CT molecular complexity index is 468. The third-order valence-corrected chi connectivity index (χ3v) is 2.48. The van der Waals surface area contributed by atoms with Crippen LogP contribution in [-0.2, 0) is 11.3 Å². The number of methoxy groups -OCH3 is 1. The van der Waals surface area contributed by atoms with Gasteiger partial charge in [0.05, 0.1) is 18.1 Å². The van der Waals surface area contributed by atoms with E-state index in [0.29, 0.717) is 25.7 Å². The average Bonchev–Trinajstić information content (AvgIpc) is 2.45. The summed E-state index contributed by atoms with van der Waals surface area (Å²) >= 11 is 0. The van der Waals surface area contributed by atoms with E-state index in [0.717, 1.165) is 12.1 Å². The van der Waals surface area contributed by atoms with Crippen LogP contribution in [0, 0.1) is 10.1 Å².